The molecule has 0 aliphatic rings. The molecule has 0 saturated heterocycles. The van der Waals surface area contributed by atoms with Crippen molar-refractivity contribution in [1.82, 2.24) is 0 Å². The SMILES string of the molecule is NC(=O)C(CCC(=O)c1ccccc1Cl)c1ccccc1. The number of ketones is 1. The second-order valence-electron chi connectivity index (χ2n) is 4.81. The molecule has 1 amide bonds. The van der Waals surface area contributed by atoms with Crippen molar-refractivity contribution in [2.45, 2.75) is 18.8 Å². The number of primary amides is 1. The van der Waals surface area contributed by atoms with E-state index in [1.54, 1.807) is 24.3 Å². The van der Waals surface area contributed by atoms with Crippen LogP contribution in [0.2, 0.25) is 5.02 Å². The van der Waals surface area contributed by atoms with Crippen LogP contribution in [-0.2, 0) is 4.79 Å². The average molecular weight is 302 g/mol. The summed E-state index contributed by atoms with van der Waals surface area (Å²) in [4.78, 5) is 23.8. The zero-order valence-corrected chi connectivity index (χ0v) is 12.2. The Hall–Kier alpha value is -2.13. The van der Waals surface area contributed by atoms with Gasteiger partial charge in [-0.2, -0.15) is 0 Å². The fraction of sp³-hybridized carbons (Fsp3) is 0.176. The number of hydrogen-bond donors (Lipinski definition) is 1. The number of halogens is 1. The summed E-state index contributed by atoms with van der Waals surface area (Å²) in [6.45, 7) is 0. The van der Waals surface area contributed by atoms with Gasteiger partial charge < -0.3 is 5.73 Å². The van der Waals surface area contributed by atoms with E-state index in [-0.39, 0.29) is 12.2 Å². The van der Waals surface area contributed by atoms with Crippen molar-refractivity contribution in [3.05, 3.63) is 70.7 Å². The predicted molar refractivity (Wildman–Crippen MR) is 83.4 cm³/mol. The maximum atomic E-state index is 12.2. The van der Waals surface area contributed by atoms with E-state index in [0.717, 1.165) is 5.56 Å². The van der Waals surface area contributed by atoms with Gasteiger partial charge in [0.1, 0.15) is 0 Å². The number of rotatable bonds is 6. The van der Waals surface area contributed by atoms with Gasteiger partial charge >= 0.3 is 0 Å². The number of hydrogen-bond acceptors (Lipinski definition) is 2. The van der Waals surface area contributed by atoms with E-state index < -0.39 is 11.8 Å². The van der Waals surface area contributed by atoms with Crippen LogP contribution in [0, 0.1) is 0 Å². The van der Waals surface area contributed by atoms with Crippen molar-refractivity contribution in [3.63, 3.8) is 0 Å². The van der Waals surface area contributed by atoms with Gasteiger partial charge in [0.2, 0.25) is 5.91 Å². The molecule has 1 atom stereocenters. The lowest BCUT2D eigenvalue weighted by Crippen LogP contribution is -2.22. The van der Waals surface area contributed by atoms with Gasteiger partial charge in [-0.3, -0.25) is 9.59 Å². The molecule has 21 heavy (non-hydrogen) atoms. The lowest BCUT2D eigenvalue weighted by Gasteiger charge is -2.13. The van der Waals surface area contributed by atoms with E-state index in [1.165, 1.54) is 0 Å². The van der Waals surface area contributed by atoms with Crippen LogP contribution in [0.1, 0.15) is 34.7 Å². The molecule has 0 heterocycles. The van der Waals surface area contributed by atoms with Crippen molar-refractivity contribution in [3.8, 4) is 0 Å². The second kappa shape index (κ2) is 7.04. The van der Waals surface area contributed by atoms with E-state index in [0.29, 0.717) is 17.0 Å². The van der Waals surface area contributed by atoms with Gasteiger partial charge in [-0.25, -0.2) is 0 Å². The Morgan fingerprint density at radius 1 is 1.00 bits per heavy atom. The lowest BCUT2D eigenvalue weighted by atomic mass is 9.91. The van der Waals surface area contributed by atoms with Crippen molar-refractivity contribution < 1.29 is 9.59 Å². The highest BCUT2D eigenvalue weighted by molar-refractivity contribution is 6.33. The number of Topliss-reactive ketones (excluding diaryl/α,β-unsaturated/α-hetero) is 1. The second-order valence-corrected chi connectivity index (χ2v) is 5.21. The predicted octanol–water partition coefficient (Wildman–Crippen LogP) is 3.57. The number of benzene rings is 2. The molecule has 0 bridgehead atoms. The summed E-state index contributed by atoms with van der Waals surface area (Å²) in [5, 5.41) is 0.429. The molecule has 0 spiro atoms. The van der Waals surface area contributed by atoms with Gasteiger partial charge in [0.05, 0.1) is 10.9 Å². The highest BCUT2D eigenvalue weighted by Gasteiger charge is 2.20. The summed E-state index contributed by atoms with van der Waals surface area (Å²) >= 11 is 6.00. The van der Waals surface area contributed by atoms with Crippen molar-refractivity contribution in [2.75, 3.05) is 0 Å². The third kappa shape index (κ3) is 3.92. The minimum Gasteiger partial charge on any atom is -0.369 e. The Labute approximate surface area is 128 Å². The summed E-state index contributed by atoms with van der Waals surface area (Å²) in [7, 11) is 0. The molecule has 2 rings (SSSR count). The zero-order chi connectivity index (χ0) is 15.2. The zero-order valence-electron chi connectivity index (χ0n) is 11.5. The molecule has 0 aromatic heterocycles. The summed E-state index contributed by atoms with van der Waals surface area (Å²) in [5.74, 6) is -0.964. The molecule has 2 aromatic rings. The first-order valence-electron chi connectivity index (χ1n) is 6.71. The van der Waals surface area contributed by atoms with Crippen LogP contribution in [0.3, 0.4) is 0 Å². The maximum absolute atomic E-state index is 12.2. The number of nitrogens with two attached hydrogens (primary N) is 1. The van der Waals surface area contributed by atoms with Crippen LogP contribution < -0.4 is 5.73 Å². The van der Waals surface area contributed by atoms with Gasteiger partial charge in [0.25, 0.3) is 0 Å². The van der Waals surface area contributed by atoms with E-state index in [2.05, 4.69) is 0 Å². The van der Waals surface area contributed by atoms with Crippen LogP contribution in [-0.4, -0.2) is 11.7 Å². The first-order valence-corrected chi connectivity index (χ1v) is 7.09. The third-order valence-electron chi connectivity index (χ3n) is 3.38. The van der Waals surface area contributed by atoms with Crippen LogP contribution in [0.25, 0.3) is 0 Å². The fourth-order valence-corrected chi connectivity index (χ4v) is 2.50. The normalized spacial score (nSPS) is 11.9. The first-order chi connectivity index (χ1) is 10.1. The molecular weight excluding hydrogens is 286 g/mol. The Bertz CT molecular complexity index is 640. The fourth-order valence-electron chi connectivity index (χ4n) is 2.26. The van der Waals surface area contributed by atoms with E-state index in [1.807, 2.05) is 30.3 Å². The Balaban J connectivity index is 2.08. The van der Waals surface area contributed by atoms with Gasteiger partial charge in [-0.15, -0.1) is 0 Å². The molecule has 0 fully saturated rings. The molecule has 0 aliphatic heterocycles. The van der Waals surface area contributed by atoms with Crippen LogP contribution >= 0.6 is 11.6 Å². The molecule has 0 aliphatic carbocycles. The molecule has 3 nitrogen and oxygen atoms in total. The summed E-state index contributed by atoms with van der Waals surface area (Å²) in [6, 6.07) is 16.2. The molecule has 2 N–H and O–H groups in total. The molecule has 2 aromatic carbocycles. The van der Waals surface area contributed by atoms with Crippen LogP contribution in [0.5, 0.6) is 0 Å². The Morgan fingerprint density at radius 3 is 2.24 bits per heavy atom. The molecule has 0 radical (unpaired) electrons. The number of carbonyl (C=O) groups excluding carboxylic acids is 2. The third-order valence-corrected chi connectivity index (χ3v) is 3.71. The molecule has 1 unspecified atom stereocenters. The minimum atomic E-state index is -0.461. The van der Waals surface area contributed by atoms with Gasteiger partial charge in [-0.1, -0.05) is 54.1 Å². The largest absolute Gasteiger partial charge is 0.369 e. The highest BCUT2D eigenvalue weighted by Crippen LogP contribution is 2.24. The van der Waals surface area contributed by atoms with E-state index >= 15 is 0 Å². The van der Waals surface area contributed by atoms with Crippen molar-refractivity contribution >= 4 is 23.3 Å². The monoisotopic (exact) mass is 301 g/mol. The summed E-state index contributed by atoms with van der Waals surface area (Å²) in [6.07, 6.45) is 0.607. The van der Waals surface area contributed by atoms with Gasteiger partial charge in [0.15, 0.2) is 5.78 Å². The maximum Gasteiger partial charge on any atom is 0.224 e. The summed E-state index contributed by atoms with van der Waals surface area (Å²) < 4.78 is 0. The molecule has 4 heteroatoms. The van der Waals surface area contributed by atoms with Crippen LogP contribution in [0.15, 0.2) is 54.6 Å². The standard InChI is InChI=1S/C17H16ClNO2/c18-15-9-5-4-8-14(15)16(20)11-10-13(17(19)21)12-6-2-1-3-7-12/h1-9,13H,10-11H2,(H2,19,21). The quantitative estimate of drug-likeness (QED) is 0.829. The smallest absolute Gasteiger partial charge is 0.224 e. The van der Waals surface area contributed by atoms with Gasteiger partial charge in [-0.05, 0) is 24.1 Å². The lowest BCUT2D eigenvalue weighted by molar-refractivity contribution is -0.119. The average Bonchev–Trinajstić information content (AvgIpc) is 2.48. The molecule has 108 valence electrons. The van der Waals surface area contributed by atoms with Crippen LogP contribution in [0.4, 0.5) is 0 Å². The Kier molecular flexibility index (Phi) is 5.12. The minimum absolute atomic E-state index is 0.0808. The van der Waals surface area contributed by atoms with E-state index in [9.17, 15) is 9.59 Å². The number of carbonyl (C=O) groups is 2. The van der Waals surface area contributed by atoms with Gasteiger partial charge in [0, 0.05) is 12.0 Å². The highest BCUT2D eigenvalue weighted by atomic mass is 35.5. The van der Waals surface area contributed by atoms with E-state index in [4.69, 9.17) is 17.3 Å². The summed E-state index contributed by atoms with van der Waals surface area (Å²) in [5.41, 5.74) is 6.76. The number of amides is 1. The molecular formula is C17H16ClNO2. The topological polar surface area (TPSA) is 60.2 Å². The van der Waals surface area contributed by atoms with Crippen molar-refractivity contribution in [1.29, 1.82) is 0 Å². The molecule has 0 saturated carbocycles. The Morgan fingerprint density at radius 2 is 1.62 bits per heavy atom. The van der Waals surface area contributed by atoms with Crippen molar-refractivity contribution in [2.24, 2.45) is 5.73 Å². The first kappa shape index (κ1) is 15.3.